The Hall–Kier alpha value is -1.79. The molecule has 30 heavy (non-hydrogen) atoms. The van der Waals surface area contributed by atoms with Crippen LogP contribution in [0.5, 0.6) is 11.5 Å². The second-order valence-electron chi connectivity index (χ2n) is 9.32. The molecule has 2 aliphatic heterocycles. The normalized spacial score (nSPS) is 31.7. The molecule has 0 radical (unpaired) electrons. The number of aliphatic hydroxyl groups is 1. The number of likely N-dealkylation sites (tertiary alicyclic amines) is 2. The van der Waals surface area contributed by atoms with Crippen LogP contribution in [-0.4, -0.2) is 61.9 Å². The van der Waals surface area contributed by atoms with Crippen molar-refractivity contribution in [3.63, 3.8) is 0 Å². The van der Waals surface area contributed by atoms with E-state index in [0.29, 0.717) is 6.54 Å². The summed E-state index contributed by atoms with van der Waals surface area (Å²) in [4.78, 5) is 16.4. The van der Waals surface area contributed by atoms with Crippen molar-refractivity contribution in [2.45, 2.75) is 63.0 Å². The van der Waals surface area contributed by atoms with Crippen LogP contribution in [0.3, 0.4) is 0 Å². The van der Waals surface area contributed by atoms with E-state index in [9.17, 15) is 9.90 Å². The molecule has 6 nitrogen and oxygen atoms in total. The monoisotopic (exact) mass is 417 g/mol. The Bertz CT molecular complexity index is 749. The maximum absolute atomic E-state index is 13.1. The number of hydrogen-bond acceptors (Lipinski definition) is 4. The summed E-state index contributed by atoms with van der Waals surface area (Å²) in [5.41, 5.74) is 0.414. The maximum atomic E-state index is 13.1. The molecule has 2 saturated heterocycles. The quantitative estimate of drug-likeness (QED) is 0.769. The number of nitrogens with zero attached hydrogens (tertiary/aromatic N) is 1. The first kappa shape index (κ1) is 21.4. The molecule has 3 aliphatic rings. The number of amides is 1. The Morgan fingerprint density at radius 3 is 2.67 bits per heavy atom. The summed E-state index contributed by atoms with van der Waals surface area (Å²) in [5, 5.41) is 11.5. The minimum absolute atomic E-state index is 0.0304. The Morgan fingerprint density at radius 1 is 1.13 bits per heavy atom. The summed E-state index contributed by atoms with van der Waals surface area (Å²) in [5.74, 6) is 1.99. The Kier molecular flexibility index (Phi) is 6.54. The topological polar surface area (TPSA) is 63.4 Å². The van der Waals surface area contributed by atoms with Crippen molar-refractivity contribution in [2.24, 2.45) is 5.92 Å². The van der Waals surface area contributed by atoms with Gasteiger partial charge in [0.2, 0.25) is 0 Å². The molecule has 2 N–H and O–H groups in total. The Labute approximate surface area is 180 Å². The predicted octanol–water partition coefficient (Wildman–Crippen LogP) is 1.97. The van der Waals surface area contributed by atoms with Crippen LogP contribution in [0.4, 0.5) is 0 Å². The number of nitrogens with one attached hydrogen (secondary N) is 1. The fourth-order valence-corrected chi connectivity index (χ4v) is 6.02. The molecule has 1 aromatic rings. The van der Waals surface area contributed by atoms with Crippen molar-refractivity contribution in [1.29, 1.82) is 0 Å². The number of ether oxygens (including phenoxy) is 2. The summed E-state index contributed by atoms with van der Waals surface area (Å²) in [6.45, 7) is 3.05. The second kappa shape index (κ2) is 9.15. The molecule has 0 bridgehead atoms. The fourth-order valence-electron chi connectivity index (χ4n) is 6.02. The van der Waals surface area contributed by atoms with Gasteiger partial charge in [0.05, 0.1) is 31.9 Å². The van der Waals surface area contributed by atoms with Gasteiger partial charge in [0, 0.05) is 25.4 Å². The first-order valence-corrected chi connectivity index (χ1v) is 11.6. The minimum Gasteiger partial charge on any atom is -0.497 e. The van der Waals surface area contributed by atoms with Crippen LogP contribution in [0.2, 0.25) is 0 Å². The molecule has 1 aromatic carbocycles. The SMILES string of the molecule is COc1ccc(OC)c([C@@H]2[C@@H]3CCCC[C@@]3(O)CC[NH+]2CC(=O)N2CCCCC2)c1. The molecule has 3 fully saturated rings. The largest absolute Gasteiger partial charge is 0.497 e. The molecule has 1 saturated carbocycles. The van der Waals surface area contributed by atoms with E-state index < -0.39 is 5.60 Å². The first-order chi connectivity index (χ1) is 14.6. The summed E-state index contributed by atoms with van der Waals surface area (Å²) < 4.78 is 11.2. The van der Waals surface area contributed by atoms with Gasteiger partial charge in [-0.25, -0.2) is 0 Å². The van der Waals surface area contributed by atoms with Gasteiger partial charge in [0.15, 0.2) is 6.54 Å². The van der Waals surface area contributed by atoms with E-state index in [4.69, 9.17) is 9.47 Å². The summed E-state index contributed by atoms with van der Waals surface area (Å²) in [6.07, 6.45) is 8.26. The molecule has 166 valence electrons. The smallest absolute Gasteiger partial charge is 0.277 e. The number of carbonyl (C=O) groups excluding carboxylic acids is 1. The van der Waals surface area contributed by atoms with Gasteiger partial charge in [0.1, 0.15) is 17.5 Å². The average molecular weight is 418 g/mol. The average Bonchev–Trinajstić information content (AvgIpc) is 2.79. The Balaban J connectivity index is 1.67. The van der Waals surface area contributed by atoms with Crippen LogP contribution in [0, 0.1) is 5.92 Å². The lowest BCUT2D eigenvalue weighted by Gasteiger charge is -2.50. The van der Waals surface area contributed by atoms with Crippen molar-refractivity contribution in [3.05, 3.63) is 23.8 Å². The van der Waals surface area contributed by atoms with Crippen LogP contribution in [0.15, 0.2) is 18.2 Å². The van der Waals surface area contributed by atoms with Crippen molar-refractivity contribution in [1.82, 2.24) is 4.90 Å². The minimum atomic E-state index is -0.644. The molecular formula is C24H37N2O4+. The van der Waals surface area contributed by atoms with Gasteiger partial charge in [0.25, 0.3) is 5.91 Å². The highest BCUT2D eigenvalue weighted by molar-refractivity contribution is 5.77. The summed E-state index contributed by atoms with van der Waals surface area (Å²) in [7, 11) is 3.37. The number of piperidine rings is 2. The summed E-state index contributed by atoms with van der Waals surface area (Å²) >= 11 is 0. The van der Waals surface area contributed by atoms with E-state index in [0.717, 1.165) is 81.6 Å². The molecule has 2 heterocycles. The van der Waals surface area contributed by atoms with Crippen molar-refractivity contribution in [3.8, 4) is 11.5 Å². The van der Waals surface area contributed by atoms with Crippen molar-refractivity contribution < 1.29 is 24.3 Å². The van der Waals surface area contributed by atoms with E-state index in [1.807, 2.05) is 17.0 Å². The lowest BCUT2D eigenvalue weighted by Crippen LogP contribution is -3.16. The maximum Gasteiger partial charge on any atom is 0.277 e. The van der Waals surface area contributed by atoms with Gasteiger partial charge in [-0.1, -0.05) is 12.8 Å². The number of benzene rings is 1. The number of fused-ring (bicyclic) bond motifs is 1. The number of carbonyl (C=O) groups is 1. The van der Waals surface area contributed by atoms with Crippen LogP contribution < -0.4 is 14.4 Å². The van der Waals surface area contributed by atoms with Gasteiger partial charge in [-0.05, 0) is 50.3 Å². The third-order valence-electron chi connectivity index (χ3n) is 7.65. The third kappa shape index (κ3) is 4.17. The summed E-state index contributed by atoms with van der Waals surface area (Å²) in [6, 6.07) is 5.95. The van der Waals surface area contributed by atoms with E-state index >= 15 is 0 Å². The van der Waals surface area contributed by atoms with E-state index in [-0.39, 0.29) is 17.9 Å². The molecule has 4 rings (SSSR count). The fraction of sp³-hybridized carbons (Fsp3) is 0.708. The van der Waals surface area contributed by atoms with Gasteiger partial charge in [-0.15, -0.1) is 0 Å². The Morgan fingerprint density at radius 2 is 1.93 bits per heavy atom. The van der Waals surface area contributed by atoms with Crippen LogP contribution in [-0.2, 0) is 4.79 Å². The lowest BCUT2D eigenvalue weighted by molar-refractivity contribution is -0.938. The number of hydrogen-bond donors (Lipinski definition) is 2. The van der Waals surface area contributed by atoms with Gasteiger partial charge in [-0.2, -0.15) is 0 Å². The molecule has 6 heteroatoms. The van der Waals surface area contributed by atoms with Gasteiger partial charge < -0.3 is 24.4 Å². The third-order valence-corrected chi connectivity index (χ3v) is 7.65. The zero-order valence-corrected chi connectivity index (χ0v) is 18.5. The second-order valence-corrected chi connectivity index (χ2v) is 9.32. The number of rotatable bonds is 5. The van der Waals surface area contributed by atoms with Crippen LogP contribution >= 0.6 is 0 Å². The first-order valence-electron chi connectivity index (χ1n) is 11.6. The molecule has 4 atom stereocenters. The molecule has 1 unspecified atom stereocenters. The molecule has 0 spiro atoms. The van der Waals surface area contributed by atoms with E-state index in [1.54, 1.807) is 14.2 Å². The van der Waals surface area contributed by atoms with Crippen molar-refractivity contribution >= 4 is 5.91 Å². The van der Waals surface area contributed by atoms with E-state index in [2.05, 4.69) is 6.07 Å². The molecule has 1 aliphatic carbocycles. The lowest BCUT2D eigenvalue weighted by atomic mass is 9.66. The van der Waals surface area contributed by atoms with E-state index in [1.165, 1.54) is 11.3 Å². The van der Waals surface area contributed by atoms with Crippen LogP contribution in [0.25, 0.3) is 0 Å². The van der Waals surface area contributed by atoms with Gasteiger partial charge >= 0.3 is 0 Å². The standard InChI is InChI=1S/C24H36N2O4/c1-29-18-9-10-21(30-2)19(16-18)23-20-8-4-5-11-24(20,28)12-15-26(23)17-22(27)25-13-6-3-7-14-25/h9-10,16,20,23,28H,3-8,11-15,17H2,1-2H3/p+1/t20-,23+,24+/m0/s1. The zero-order valence-electron chi connectivity index (χ0n) is 18.5. The zero-order chi connectivity index (χ0) is 21.1. The molecular weight excluding hydrogens is 380 g/mol. The van der Waals surface area contributed by atoms with Crippen LogP contribution in [0.1, 0.15) is 63.0 Å². The molecule has 0 aromatic heterocycles. The number of methoxy groups -OCH3 is 2. The highest BCUT2D eigenvalue weighted by atomic mass is 16.5. The molecule has 1 amide bonds. The predicted molar refractivity (Wildman–Crippen MR) is 115 cm³/mol. The van der Waals surface area contributed by atoms with Gasteiger partial charge in [-0.3, -0.25) is 4.79 Å². The van der Waals surface area contributed by atoms with Crippen molar-refractivity contribution in [2.75, 3.05) is 40.4 Å². The highest BCUT2D eigenvalue weighted by Crippen LogP contribution is 2.46. The highest BCUT2D eigenvalue weighted by Gasteiger charge is 2.52. The number of quaternary nitrogens is 1.